The van der Waals surface area contributed by atoms with E-state index in [9.17, 15) is 19.2 Å². The zero-order valence-electron chi connectivity index (χ0n) is 24.5. The summed E-state index contributed by atoms with van der Waals surface area (Å²) in [6, 6.07) is 19.9. The number of fused-ring (bicyclic) bond motifs is 2. The van der Waals surface area contributed by atoms with Crippen molar-refractivity contribution in [1.82, 2.24) is 4.90 Å². The van der Waals surface area contributed by atoms with E-state index in [4.69, 9.17) is 14.2 Å². The second-order valence-corrected chi connectivity index (χ2v) is 11.6. The van der Waals surface area contributed by atoms with Crippen LogP contribution in [0.1, 0.15) is 98.5 Å². The van der Waals surface area contributed by atoms with Crippen molar-refractivity contribution >= 4 is 23.4 Å². The van der Waals surface area contributed by atoms with Gasteiger partial charge in [-0.1, -0.05) is 49.4 Å². The molecule has 3 aromatic rings. The second kappa shape index (κ2) is 11.9. The fraction of sp³-hybridized carbons (Fsp3) is 0.371. The van der Waals surface area contributed by atoms with Gasteiger partial charge in [0.25, 0.3) is 11.8 Å². The molecule has 8 heteroatoms. The first kappa shape index (κ1) is 29.0. The maximum absolute atomic E-state index is 13.4. The summed E-state index contributed by atoms with van der Waals surface area (Å²) in [7, 11) is 0. The number of carbonyl (C=O) groups excluding carboxylic acids is 4. The van der Waals surface area contributed by atoms with Crippen LogP contribution in [0.15, 0.2) is 66.7 Å². The Morgan fingerprint density at radius 2 is 1.53 bits per heavy atom. The fourth-order valence-electron chi connectivity index (χ4n) is 6.22. The van der Waals surface area contributed by atoms with Gasteiger partial charge in [-0.25, -0.2) is 0 Å². The lowest BCUT2D eigenvalue weighted by Gasteiger charge is -2.33. The van der Waals surface area contributed by atoms with Gasteiger partial charge in [0.15, 0.2) is 17.9 Å². The molecular formula is C35H35NO7. The number of hydrogen-bond acceptors (Lipinski definition) is 7. The molecule has 1 saturated heterocycles. The maximum Gasteiger partial charge on any atom is 0.261 e. The Bertz CT molecular complexity index is 1540. The summed E-state index contributed by atoms with van der Waals surface area (Å²) < 4.78 is 17.8. The molecule has 3 aliphatic rings. The highest BCUT2D eigenvalue weighted by molar-refractivity contribution is 6.21. The van der Waals surface area contributed by atoms with E-state index in [0.717, 1.165) is 11.1 Å². The standard InChI is InChI=1S/C35H35NO7/c1-3-29(37)27-17-22(18-28-32(27)43-21-35(28,2)23-11-5-4-6-12-23)30(38)15-9-10-16-31-41-19-24(20-42-31)36-33(39)25-13-7-8-14-26(25)34(36)40/h4-8,11-14,17-18,24,31H,3,9-10,15-16,19-21H2,1-2H3/t24?,31?,35-/m0/s1. The third-order valence-corrected chi connectivity index (χ3v) is 8.78. The lowest BCUT2D eigenvalue weighted by Crippen LogP contribution is -2.49. The van der Waals surface area contributed by atoms with Crippen molar-refractivity contribution in [3.05, 3.63) is 100 Å². The average Bonchev–Trinajstić information content (AvgIpc) is 3.52. The van der Waals surface area contributed by atoms with Gasteiger partial charge in [-0.15, -0.1) is 0 Å². The molecule has 0 saturated carbocycles. The fourth-order valence-corrected chi connectivity index (χ4v) is 6.22. The number of unbranched alkanes of at least 4 members (excludes halogenated alkanes) is 1. The molecular weight excluding hydrogens is 546 g/mol. The molecule has 3 aliphatic heterocycles. The Labute approximate surface area is 250 Å². The monoisotopic (exact) mass is 581 g/mol. The maximum atomic E-state index is 13.4. The van der Waals surface area contributed by atoms with Gasteiger partial charge >= 0.3 is 0 Å². The van der Waals surface area contributed by atoms with Crippen LogP contribution in [-0.2, 0) is 14.9 Å². The smallest absolute Gasteiger partial charge is 0.261 e. The van der Waals surface area contributed by atoms with Crippen molar-refractivity contribution < 1.29 is 33.4 Å². The van der Waals surface area contributed by atoms with Crippen molar-refractivity contribution in [2.75, 3.05) is 19.8 Å². The topological polar surface area (TPSA) is 99.2 Å². The van der Waals surface area contributed by atoms with Gasteiger partial charge in [0.1, 0.15) is 12.4 Å². The van der Waals surface area contributed by atoms with Crippen LogP contribution in [0.3, 0.4) is 0 Å². The highest BCUT2D eigenvalue weighted by atomic mass is 16.7. The number of amides is 2. The van der Waals surface area contributed by atoms with Gasteiger partial charge in [-0.3, -0.25) is 24.1 Å². The largest absolute Gasteiger partial charge is 0.491 e. The lowest BCUT2D eigenvalue weighted by molar-refractivity contribution is -0.200. The van der Waals surface area contributed by atoms with Gasteiger partial charge in [-0.05, 0) is 56.0 Å². The molecule has 1 fully saturated rings. The molecule has 0 radical (unpaired) electrons. The number of rotatable bonds is 10. The summed E-state index contributed by atoms with van der Waals surface area (Å²) in [5.74, 6) is -0.122. The number of ketones is 2. The summed E-state index contributed by atoms with van der Waals surface area (Å²) in [4.78, 5) is 53.0. The average molecular weight is 582 g/mol. The van der Waals surface area contributed by atoms with Crippen molar-refractivity contribution in [2.45, 2.75) is 63.7 Å². The number of hydrogen-bond donors (Lipinski definition) is 0. The van der Waals surface area contributed by atoms with E-state index >= 15 is 0 Å². The molecule has 222 valence electrons. The van der Waals surface area contributed by atoms with E-state index in [0.29, 0.717) is 66.7 Å². The number of carbonyl (C=O) groups is 4. The second-order valence-electron chi connectivity index (χ2n) is 11.6. The van der Waals surface area contributed by atoms with E-state index in [-0.39, 0.29) is 36.6 Å². The van der Waals surface area contributed by atoms with Crippen molar-refractivity contribution in [1.29, 1.82) is 0 Å². The predicted molar refractivity (Wildman–Crippen MR) is 159 cm³/mol. The van der Waals surface area contributed by atoms with E-state index in [2.05, 4.69) is 6.92 Å². The molecule has 0 bridgehead atoms. The number of benzene rings is 3. The quantitative estimate of drug-likeness (QED) is 0.171. The molecule has 0 aliphatic carbocycles. The molecule has 0 aromatic heterocycles. The van der Waals surface area contributed by atoms with Gasteiger partial charge in [0, 0.05) is 24.0 Å². The highest BCUT2D eigenvalue weighted by Crippen LogP contribution is 2.46. The van der Waals surface area contributed by atoms with Crippen molar-refractivity contribution in [2.24, 2.45) is 0 Å². The van der Waals surface area contributed by atoms with Gasteiger partial charge in [0.2, 0.25) is 0 Å². The third-order valence-electron chi connectivity index (χ3n) is 8.78. The van der Waals surface area contributed by atoms with Crippen LogP contribution < -0.4 is 4.74 Å². The van der Waals surface area contributed by atoms with Crippen LogP contribution in [0.4, 0.5) is 0 Å². The first-order chi connectivity index (χ1) is 20.8. The lowest BCUT2D eigenvalue weighted by atomic mass is 9.76. The minimum atomic E-state index is -0.476. The summed E-state index contributed by atoms with van der Waals surface area (Å²) in [6.45, 7) is 4.72. The van der Waals surface area contributed by atoms with Crippen LogP contribution in [0.25, 0.3) is 0 Å². The van der Waals surface area contributed by atoms with Crippen LogP contribution in [0.5, 0.6) is 5.75 Å². The molecule has 1 atom stereocenters. The Hall–Kier alpha value is -4.14. The Kier molecular flexibility index (Phi) is 7.99. The van der Waals surface area contributed by atoms with E-state index < -0.39 is 17.7 Å². The summed E-state index contributed by atoms with van der Waals surface area (Å²) in [5, 5.41) is 0. The Balaban J connectivity index is 1.05. The molecule has 0 unspecified atom stereocenters. The Morgan fingerprint density at radius 3 is 2.19 bits per heavy atom. The minimum Gasteiger partial charge on any atom is -0.491 e. The van der Waals surface area contributed by atoms with E-state index in [1.807, 2.05) is 43.3 Å². The van der Waals surface area contributed by atoms with Crippen LogP contribution in [0, 0.1) is 0 Å². The Morgan fingerprint density at radius 1 is 0.884 bits per heavy atom. The number of Topliss-reactive ketones (excluding diaryl/α,β-unsaturated/α-hetero) is 2. The van der Waals surface area contributed by atoms with E-state index in [1.165, 1.54) is 4.90 Å². The van der Waals surface area contributed by atoms with E-state index in [1.54, 1.807) is 30.3 Å². The van der Waals surface area contributed by atoms with Gasteiger partial charge in [-0.2, -0.15) is 0 Å². The normalized spacial score (nSPS) is 22.7. The molecule has 2 amide bonds. The molecule has 3 aromatic carbocycles. The SMILES string of the molecule is CCC(=O)c1cc(C(=O)CCCCC2OCC(N3C(=O)c4ccccc4C3=O)CO2)cc2c1OC[C@@]2(C)c1ccccc1. The summed E-state index contributed by atoms with van der Waals surface area (Å²) >= 11 is 0. The summed E-state index contributed by atoms with van der Waals surface area (Å²) in [5.41, 5.74) is 3.30. The van der Waals surface area contributed by atoms with Gasteiger partial charge in [0.05, 0.1) is 41.4 Å². The first-order valence-electron chi connectivity index (χ1n) is 14.9. The summed E-state index contributed by atoms with van der Waals surface area (Å²) in [6.07, 6.45) is 2.11. The number of nitrogens with zero attached hydrogens (tertiary/aromatic N) is 1. The highest BCUT2D eigenvalue weighted by Gasteiger charge is 2.42. The van der Waals surface area contributed by atoms with Crippen LogP contribution in [0.2, 0.25) is 0 Å². The van der Waals surface area contributed by atoms with Crippen LogP contribution in [-0.4, -0.2) is 60.4 Å². The minimum absolute atomic E-state index is 0.0218. The van der Waals surface area contributed by atoms with Gasteiger partial charge < -0.3 is 14.2 Å². The number of imide groups is 1. The number of ether oxygens (including phenoxy) is 3. The predicted octanol–water partition coefficient (Wildman–Crippen LogP) is 5.76. The molecule has 0 spiro atoms. The van der Waals surface area contributed by atoms with Crippen molar-refractivity contribution in [3.63, 3.8) is 0 Å². The molecule has 43 heavy (non-hydrogen) atoms. The zero-order valence-corrected chi connectivity index (χ0v) is 24.5. The molecule has 0 N–H and O–H groups in total. The first-order valence-corrected chi connectivity index (χ1v) is 14.9. The zero-order chi connectivity index (χ0) is 30.1. The molecule has 8 nitrogen and oxygen atoms in total. The molecule has 6 rings (SSSR count). The molecule has 3 heterocycles. The van der Waals surface area contributed by atoms with Crippen LogP contribution >= 0.6 is 0 Å². The third kappa shape index (κ3) is 5.30. The van der Waals surface area contributed by atoms with Crippen molar-refractivity contribution in [3.8, 4) is 5.75 Å².